The van der Waals surface area contributed by atoms with Crippen LogP contribution in [0, 0.1) is 0 Å². The monoisotopic (exact) mass is 367 g/mol. The summed E-state index contributed by atoms with van der Waals surface area (Å²) < 4.78 is 5.45. The van der Waals surface area contributed by atoms with Crippen LogP contribution >= 0.6 is 0 Å². The van der Waals surface area contributed by atoms with Gasteiger partial charge in [-0.3, -0.25) is 9.78 Å². The van der Waals surface area contributed by atoms with Gasteiger partial charge in [-0.25, -0.2) is 9.97 Å². The van der Waals surface area contributed by atoms with Crippen LogP contribution in [0.3, 0.4) is 0 Å². The topological polar surface area (TPSA) is 80.2 Å². The number of likely N-dealkylation sites (tertiary alicyclic amines) is 1. The summed E-state index contributed by atoms with van der Waals surface area (Å²) in [4.78, 5) is 27.7. The van der Waals surface area contributed by atoms with E-state index in [-0.39, 0.29) is 11.9 Å². The second kappa shape index (κ2) is 8.54. The lowest BCUT2D eigenvalue weighted by Crippen LogP contribution is -2.49. The maximum atomic E-state index is 12.5. The number of nitrogens with one attached hydrogen (secondary N) is 1. The van der Waals surface area contributed by atoms with Crippen LogP contribution in [0.1, 0.15) is 36.0 Å². The van der Waals surface area contributed by atoms with E-state index in [1.807, 2.05) is 12.1 Å². The molecule has 0 spiro atoms. The number of amides is 1. The van der Waals surface area contributed by atoms with Gasteiger partial charge in [-0.05, 0) is 37.8 Å². The van der Waals surface area contributed by atoms with Crippen molar-refractivity contribution in [2.45, 2.75) is 37.8 Å². The van der Waals surface area contributed by atoms with Crippen LogP contribution in [0.15, 0.2) is 36.9 Å². The molecule has 2 fully saturated rings. The first-order chi connectivity index (χ1) is 13.3. The highest BCUT2D eigenvalue weighted by molar-refractivity contribution is 5.93. The number of piperidine rings is 1. The normalized spacial score (nSPS) is 19.7. The summed E-state index contributed by atoms with van der Waals surface area (Å²) in [6, 6.07) is 4.56. The molecule has 4 heterocycles. The molecule has 2 saturated heterocycles. The average molecular weight is 367 g/mol. The van der Waals surface area contributed by atoms with E-state index in [0.717, 1.165) is 57.6 Å². The lowest BCUT2D eigenvalue weighted by Gasteiger charge is -2.39. The van der Waals surface area contributed by atoms with Crippen molar-refractivity contribution >= 4 is 5.91 Å². The van der Waals surface area contributed by atoms with Gasteiger partial charge in [0, 0.05) is 68.7 Å². The minimum absolute atomic E-state index is 0.0965. The van der Waals surface area contributed by atoms with E-state index in [2.05, 4.69) is 25.2 Å². The van der Waals surface area contributed by atoms with Crippen LogP contribution in [0.5, 0.6) is 0 Å². The van der Waals surface area contributed by atoms with Crippen molar-refractivity contribution in [2.75, 3.05) is 26.3 Å². The predicted molar refractivity (Wildman–Crippen MR) is 101 cm³/mol. The number of hydrogen-bond acceptors (Lipinski definition) is 6. The minimum atomic E-state index is -0.0965. The van der Waals surface area contributed by atoms with Gasteiger partial charge in [-0.2, -0.15) is 0 Å². The lowest BCUT2D eigenvalue weighted by atomic mass is 9.99. The highest BCUT2D eigenvalue weighted by Gasteiger charge is 2.27. The molecule has 0 saturated carbocycles. The van der Waals surface area contributed by atoms with Crippen molar-refractivity contribution in [2.24, 2.45) is 0 Å². The van der Waals surface area contributed by atoms with E-state index < -0.39 is 0 Å². The Morgan fingerprint density at radius 3 is 2.37 bits per heavy atom. The summed E-state index contributed by atoms with van der Waals surface area (Å²) in [5.41, 5.74) is 1.39. The van der Waals surface area contributed by atoms with Gasteiger partial charge < -0.3 is 15.0 Å². The number of pyridine rings is 1. The van der Waals surface area contributed by atoms with Crippen molar-refractivity contribution < 1.29 is 9.53 Å². The summed E-state index contributed by atoms with van der Waals surface area (Å²) >= 11 is 0. The Kier molecular flexibility index (Phi) is 5.69. The van der Waals surface area contributed by atoms with Crippen molar-refractivity contribution in [3.8, 4) is 11.4 Å². The third-order valence-corrected chi connectivity index (χ3v) is 5.42. The molecular weight excluding hydrogens is 342 g/mol. The summed E-state index contributed by atoms with van der Waals surface area (Å²) in [5, 5.41) is 3.14. The first-order valence-corrected chi connectivity index (χ1v) is 9.65. The largest absolute Gasteiger partial charge is 0.381 e. The second-order valence-electron chi connectivity index (χ2n) is 7.16. The molecule has 1 N–H and O–H groups in total. The molecule has 0 atom stereocenters. The van der Waals surface area contributed by atoms with E-state index >= 15 is 0 Å². The van der Waals surface area contributed by atoms with Gasteiger partial charge >= 0.3 is 0 Å². The molecule has 0 radical (unpaired) electrons. The number of nitrogens with zero attached hydrogens (tertiary/aromatic N) is 4. The van der Waals surface area contributed by atoms with Crippen LogP contribution in [-0.2, 0) is 4.74 Å². The van der Waals surface area contributed by atoms with Crippen molar-refractivity contribution in [1.82, 2.24) is 25.2 Å². The quantitative estimate of drug-likeness (QED) is 0.889. The molecule has 4 rings (SSSR count). The molecule has 2 aliphatic heterocycles. The van der Waals surface area contributed by atoms with Gasteiger partial charge in [0.05, 0.1) is 5.56 Å². The van der Waals surface area contributed by atoms with Gasteiger partial charge in [0.1, 0.15) is 0 Å². The van der Waals surface area contributed by atoms with Crippen LogP contribution in [0.25, 0.3) is 11.4 Å². The van der Waals surface area contributed by atoms with Gasteiger partial charge in [-0.1, -0.05) is 0 Å². The smallest absolute Gasteiger partial charge is 0.254 e. The fraction of sp³-hybridized carbons (Fsp3) is 0.500. The lowest BCUT2D eigenvalue weighted by molar-refractivity contribution is 0.0238. The molecule has 2 aliphatic rings. The minimum Gasteiger partial charge on any atom is -0.381 e. The molecule has 0 aromatic carbocycles. The number of carbonyl (C=O) groups excluding carboxylic acids is 1. The Morgan fingerprint density at radius 1 is 1.04 bits per heavy atom. The number of ether oxygens (including phenoxy) is 1. The zero-order valence-corrected chi connectivity index (χ0v) is 15.4. The first-order valence-electron chi connectivity index (χ1n) is 9.65. The van der Waals surface area contributed by atoms with Crippen molar-refractivity contribution in [1.29, 1.82) is 0 Å². The summed E-state index contributed by atoms with van der Waals surface area (Å²) in [6.07, 6.45) is 10.8. The number of hydrogen-bond donors (Lipinski definition) is 1. The van der Waals surface area contributed by atoms with E-state index in [9.17, 15) is 4.79 Å². The zero-order chi connectivity index (χ0) is 18.5. The third-order valence-electron chi connectivity index (χ3n) is 5.42. The Balaban J connectivity index is 1.29. The Bertz CT molecular complexity index is 739. The molecular formula is C20H25N5O2. The summed E-state index contributed by atoms with van der Waals surface area (Å²) in [5.74, 6) is 0.500. The third kappa shape index (κ3) is 4.48. The van der Waals surface area contributed by atoms with E-state index in [0.29, 0.717) is 17.4 Å². The van der Waals surface area contributed by atoms with Crippen LogP contribution in [0.2, 0.25) is 0 Å². The average Bonchev–Trinajstić information content (AvgIpc) is 2.76. The number of aromatic nitrogens is 3. The van der Waals surface area contributed by atoms with Crippen LogP contribution in [0.4, 0.5) is 0 Å². The zero-order valence-electron chi connectivity index (χ0n) is 15.4. The number of rotatable bonds is 4. The van der Waals surface area contributed by atoms with Crippen LogP contribution < -0.4 is 5.32 Å². The van der Waals surface area contributed by atoms with E-state index in [4.69, 9.17) is 4.74 Å². The molecule has 142 valence electrons. The molecule has 2 aromatic rings. The maximum absolute atomic E-state index is 12.5. The SMILES string of the molecule is O=C(NC1CCN(C2CCOCC2)CC1)c1cnc(-c2ccncc2)nc1. The Morgan fingerprint density at radius 2 is 1.70 bits per heavy atom. The fourth-order valence-electron chi connectivity index (χ4n) is 3.82. The van der Waals surface area contributed by atoms with Gasteiger partial charge in [-0.15, -0.1) is 0 Å². The molecule has 0 bridgehead atoms. The van der Waals surface area contributed by atoms with Gasteiger partial charge in [0.25, 0.3) is 5.91 Å². The second-order valence-corrected chi connectivity index (χ2v) is 7.16. The fourth-order valence-corrected chi connectivity index (χ4v) is 3.82. The standard InChI is InChI=1S/C20H25N5O2/c26-20(16-13-22-19(23-14-16)15-1-7-21-8-2-15)24-17-3-9-25(10-4-17)18-5-11-27-12-6-18/h1-2,7-8,13-14,17-18H,3-6,9-12H2,(H,24,26). The maximum Gasteiger partial charge on any atom is 0.254 e. The van der Waals surface area contributed by atoms with Gasteiger partial charge in [0.2, 0.25) is 0 Å². The summed E-state index contributed by atoms with van der Waals surface area (Å²) in [7, 11) is 0. The Hall–Kier alpha value is -2.38. The highest BCUT2D eigenvalue weighted by atomic mass is 16.5. The van der Waals surface area contributed by atoms with E-state index in [1.165, 1.54) is 0 Å². The molecule has 1 amide bonds. The van der Waals surface area contributed by atoms with Crippen LogP contribution in [-0.4, -0.2) is 64.1 Å². The van der Waals surface area contributed by atoms with Crippen molar-refractivity contribution in [3.05, 3.63) is 42.5 Å². The molecule has 2 aromatic heterocycles. The summed E-state index contributed by atoms with van der Waals surface area (Å²) in [6.45, 7) is 3.81. The van der Waals surface area contributed by atoms with Crippen molar-refractivity contribution in [3.63, 3.8) is 0 Å². The predicted octanol–water partition coefficient (Wildman–Crippen LogP) is 1.91. The molecule has 7 nitrogen and oxygen atoms in total. The van der Waals surface area contributed by atoms with E-state index in [1.54, 1.807) is 24.8 Å². The molecule has 0 aliphatic carbocycles. The van der Waals surface area contributed by atoms with Gasteiger partial charge in [0.15, 0.2) is 5.82 Å². The highest BCUT2D eigenvalue weighted by Crippen LogP contribution is 2.20. The number of carbonyl (C=O) groups is 1. The molecule has 0 unspecified atom stereocenters. The molecule has 27 heavy (non-hydrogen) atoms. The molecule has 7 heteroatoms. The first kappa shape index (κ1) is 18.0. The Labute approximate surface area is 159 Å².